The van der Waals surface area contributed by atoms with E-state index in [9.17, 15) is 0 Å². The Hall–Kier alpha value is -4.36. The van der Waals surface area contributed by atoms with Crippen LogP contribution in [0, 0.1) is 34.6 Å². The van der Waals surface area contributed by atoms with Gasteiger partial charge in [-0.1, -0.05) is 90.5 Å². The molecule has 0 heterocycles. The van der Waals surface area contributed by atoms with Crippen LogP contribution in [0.1, 0.15) is 86.9 Å². The highest BCUT2D eigenvalue weighted by Crippen LogP contribution is 2.52. The van der Waals surface area contributed by atoms with Crippen LogP contribution in [0.25, 0.3) is 5.57 Å². The van der Waals surface area contributed by atoms with Crippen LogP contribution in [-0.4, -0.2) is 0 Å². The van der Waals surface area contributed by atoms with Crippen molar-refractivity contribution in [1.82, 2.24) is 0 Å². The molecule has 210 valence electrons. The molecule has 5 aromatic rings. The van der Waals surface area contributed by atoms with E-state index >= 15 is 0 Å². The van der Waals surface area contributed by atoms with E-state index in [0.717, 1.165) is 11.5 Å². The zero-order valence-electron chi connectivity index (χ0n) is 25.9. The second-order valence-corrected chi connectivity index (χ2v) is 11.9. The first-order chi connectivity index (χ1) is 20.3. The Kier molecular flexibility index (Phi) is 7.37. The van der Waals surface area contributed by atoms with Crippen molar-refractivity contribution < 1.29 is 4.74 Å². The van der Waals surface area contributed by atoms with Crippen molar-refractivity contribution in [3.8, 4) is 11.5 Å². The summed E-state index contributed by atoms with van der Waals surface area (Å²) in [4.78, 5) is 0. The first kappa shape index (κ1) is 27.8. The maximum Gasteiger partial charge on any atom is 0.131 e. The molecule has 5 aromatic carbocycles. The quantitative estimate of drug-likeness (QED) is 0.192. The Bertz CT molecular complexity index is 1750. The zero-order chi connectivity index (χ0) is 29.5. The molecule has 42 heavy (non-hydrogen) atoms. The van der Waals surface area contributed by atoms with E-state index in [2.05, 4.69) is 121 Å². The molecule has 0 aliphatic heterocycles. The zero-order valence-corrected chi connectivity index (χ0v) is 25.9. The number of allylic oxidation sites excluding steroid dienone is 2. The van der Waals surface area contributed by atoms with Gasteiger partial charge >= 0.3 is 0 Å². The van der Waals surface area contributed by atoms with Gasteiger partial charge in [-0.25, -0.2) is 0 Å². The monoisotopic (exact) mass is 548 g/mol. The van der Waals surface area contributed by atoms with Crippen molar-refractivity contribution in [2.75, 3.05) is 0 Å². The Labute approximate surface area is 251 Å². The normalized spacial score (nSPS) is 14.4. The molecule has 1 nitrogen and oxygen atoms in total. The van der Waals surface area contributed by atoms with E-state index in [1.165, 1.54) is 72.3 Å². The summed E-state index contributed by atoms with van der Waals surface area (Å²) in [6.07, 6.45) is 0. The smallest absolute Gasteiger partial charge is 0.131 e. The molecule has 1 aliphatic carbocycles. The second-order valence-electron chi connectivity index (χ2n) is 11.9. The van der Waals surface area contributed by atoms with Crippen molar-refractivity contribution in [1.29, 1.82) is 0 Å². The summed E-state index contributed by atoms with van der Waals surface area (Å²) in [6, 6.07) is 36.6. The highest BCUT2D eigenvalue weighted by atomic mass is 16.5. The van der Waals surface area contributed by atoms with Gasteiger partial charge in [0.05, 0.1) is 0 Å². The standard InChI is InChI=1S/C41H40O/c1-25-23-36(41(32-17-11-8-12-18-32)33-19-13-9-14-20-33)37(42-34-21-15-10-16-22-34)24-35(25)39-31(7)30(6)38-28(4)26(2)27(3)29(5)40(38)39/h8-24,39,41H,1-7H3. The number of hydrogen-bond acceptors (Lipinski definition) is 1. The third-order valence-corrected chi connectivity index (χ3v) is 9.68. The van der Waals surface area contributed by atoms with E-state index in [4.69, 9.17) is 4.74 Å². The molecule has 0 N–H and O–H groups in total. The summed E-state index contributed by atoms with van der Waals surface area (Å²) in [5, 5.41) is 0. The van der Waals surface area contributed by atoms with Crippen LogP contribution in [0.5, 0.6) is 11.5 Å². The van der Waals surface area contributed by atoms with Gasteiger partial charge in [0, 0.05) is 17.4 Å². The fourth-order valence-electron chi connectivity index (χ4n) is 7.01. The molecule has 0 saturated heterocycles. The predicted molar refractivity (Wildman–Crippen MR) is 177 cm³/mol. The minimum absolute atomic E-state index is 0.0435. The van der Waals surface area contributed by atoms with E-state index < -0.39 is 0 Å². The van der Waals surface area contributed by atoms with Crippen molar-refractivity contribution in [3.63, 3.8) is 0 Å². The Morgan fingerprint density at radius 3 is 1.67 bits per heavy atom. The third-order valence-electron chi connectivity index (χ3n) is 9.68. The summed E-state index contributed by atoms with van der Waals surface area (Å²) in [5.41, 5.74) is 17.7. The van der Waals surface area contributed by atoms with E-state index in [1.807, 2.05) is 30.3 Å². The van der Waals surface area contributed by atoms with Gasteiger partial charge in [-0.3, -0.25) is 0 Å². The third kappa shape index (κ3) is 4.68. The molecule has 1 heteroatoms. The lowest BCUT2D eigenvalue weighted by Crippen LogP contribution is -2.10. The van der Waals surface area contributed by atoms with E-state index in [0.29, 0.717) is 0 Å². The van der Waals surface area contributed by atoms with Gasteiger partial charge in [0.15, 0.2) is 0 Å². The molecule has 0 saturated carbocycles. The van der Waals surface area contributed by atoms with Crippen LogP contribution in [0.15, 0.2) is 109 Å². The molecule has 0 amide bonds. The fraction of sp³-hybridized carbons (Fsp3) is 0.220. The van der Waals surface area contributed by atoms with Crippen LogP contribution >= 0.6 is 0 Å². The van der Waals surface area contributed by atoms with Gasteiger partial charge in [0.1, 0.15) is 11.5 Å². The topological polar surface area (TPSA) is 9.23 Å². The largest absolute Gasteiger partial charge is 0.457 e. The molecule has 1 unspecified atom stereocenters. The minimum atomic E-state index is 0.0435. The summed E-state index contributed by atoms with van der Waals surface area (Å²) in [5.74, 6) is 2.01. The summed E-state index contributed by atoms with van der Waals surface area (Å²) in [6.45, 7) is 16.1. The molecule has 0 fully saturated rings. The molecule has 6 rings (SSSR count). The fourth-order valence-corrected chi connectivity index (χ4v) is 7.01. The van der Waals surface area contributed by atoms with Gasteiger partial charge in [0.25, 0.3) is 0 Å². The molecule has 0 radical (unpaired) electrons. The predicted octanol–water partition coefficient (Wildman–Crippen LogP) is 11.1. The number of ether oxygens (including phenoxy) is 1. The highest BCUT2D eigenvalue weighted by Gasteiger charge is 2.34. The molecular formula is C41H40O. The van der Waals surface area contributed by atoms with Crippen LogP contribution in [0.3, 0.4) is 0 Å². The number of fused-ring (bicyclic) bond motifs is 1. The maximum absolute atomic E-state index is 6.82. The van der Waals surface area contributed by atoms with E-state index in [1.54, 1.807) is 0 Å². The van der Waals surface area contributed by atoms with Crippen molar-refractivity contribution in [2.45, 2.75) is 60.3 Å². The lowest BCUT2D eigenvalue weighted by atomic mass is 9.78. The lowest BCUT2D eigenvalue weighted by molar-refractivity contribution is 0.474. The molecule has 1 aliphatic rings. The summed E-state index contributed by atoms with van der Waals surface area (Å²) in [7, 11) is 0. The van der Waals surface area contributed by atoms with Crippen LogP contribution < -0.4 is 4.74 Å². The maximum atomic E-state index is 6.82. The lowest BCUT2D eigenvalue weighted by Gasteiger charge is -2.27. The highest BCUT2D eigenvalue weighted by molar-refractivity contribution is 5.83. The average molecular weight is 549 g/mol. The molecule has 0 bridgehead atoms. The second kappa shape index (κ2) is 11.1. The number of aryl methyl sites for hydroxylation is 1. The van der Waals surface area contributed by atoms with Crippen molar-refractivity contribution in [3.05, 3.63) is 170 Å². The average Bonchev–Trinajstić information content (AvgIpc) is 3.28. The first-order valence-corrected chi connectivity index (χ1v) is 15.0. The van der Waals surface area contributed by atoms with Gasteiger partial charge in [0.2, 0.25) is 0 Å². The summed E-state index contributed by atoms with van der Waals surface area (Å²) >= 11 is 0. The number of rotatable bonds is 6. The molecule has 0 spiro atoms. The van der Waals surface area contributed by atoms with Crippen molar-refractivity contribution >= 4 is 5.57 Å². The number of benzene rings is 5. The van der Waals surface area contributed by atoms with Gasteiger partial charge < -0.3 is 4.74 Å². The van der Waals surface area contributed by atoms with Crippen LogP contribution in [0.4, 0.5) is 0 Å². The van der Waals surface area contributed by atoms with Crippen molar-refractivity contribution in [2.24, 2.45) is 0 Å². The van der Waals surface area contributed by atoms with Crippen LogP contribution in [0.2, 0.25) is 0 Å². The van der Waals surface area contributed by atoms with Gasteiger partial charge in [-0.05, 0) is 128 Å². The Balaban J connectivity index is 1.61. The first-order valence-electron chi connectivity index (χ1n) is 15.0. The Morgan fingerprint density at radius 2 is 1.10 bits per heavy atom. The van der Waals surface area contributed by atoms with Crippen LogP contribution in [-0.2, 0) is 0 Å². The molecule has 0 aromatic heterocycles. The van der Waals surface area contributed by atoms with Gasteiger partial charge in [-0.2, -0.15) is 0 Å². The van der Waals surface area contributed by atoms with E-state index in [-0.39, 0.29) is 11.8 Å². The Morgan fingerprint density at radius 1 is 0.571 bits per heavy atom. The minimum Gasteiger partial charge on any atom is -0.457 e. The SMILES string of the molecule is CC1=C(C)C(c2cc(Oc3ccccc3)c(C(c3ccccc3)c3ccccc3)cc2C)c2c(C)c(C)c(C)c(C)c21. The molecule has 1 atom stereocenters. The summed E-state index contributed by atoms with van der Waals surface area (Å²) < 4.78 is 6.82. The number of hydrogen-bond donors (Lipinski definition) is 0. The molecular weight excluding hydrogens is 508 g/mol. The van der Waals surface area contributed by atoms with Gasteiger partial charge in [-0.15, -0.1) is 0 Å². The number of para-hydroxylation sites is 1.